The molecule has 28 heavy (non-hydrogen) atoms. The number of aromatic nitrogens is 5. The Labute approximate surface area is 168 Å². The monoisotopic (exact) mass is 480 g/mol. The van der Waals surface area contributed by atoms with Gasteiger partial charge in [0.05, 0.1) is 11.0 Å². The van der Waals surface area contributed by atoms with Crippen LogP contribution < -0.4 is 5.32 Å². The molecule has 0 saturated carbocycles. The van der Waals surface area contributed by atoms with E-state index in [1.54, 1.807) is 0 Å². The van der Waals surface area contributed by atoms with Gasteiger partial charge < -0.3 is 0 Å². The number of rotatable bonds is 4. The fourth-order valence-corrected chi connectivity index (χ4v) is 3.31. The molecule has 13 heteroatoms. The van der Waals surface area contributed by atoms with Crippen molar-refractivity contribution in [3.63, 3.8) is 0 Å². The molecule has 0 radical (unpaired) electrons. The van der Waals surface area contributed by atoms with E-state index in [0.717, 1.165) is 10.7 Å². The minimum Gasteiger partial charge on any atom is -0.288 e. The predicted octanol–water partition coefficient (Wildman–Crippen LogP) is 3.89. The van der Waals surface area contributed by atoms with E-state index in [0.29, 0.717) is 5.56 Å². The second-order valence-corrected chi connectivity index (χ2v) is 6.79. The number of carbonyl (C=O) groups excluding carboxylic acids is 1. The zero-order chi connectivity index (χ0) is 20.6. The van der Waals surface area contributed by atoms with Gasteiger partial charge in [0.1, 0.15) is 17.8 Å². The average Bonchev–Trinajstić information content (AvgIpc) is 3.13. The molecular formula is C15H10BrClF4N6O. The van der Waals surface area contributed by atoms with Crippen LogP contribution in [-0.4, -0.2) is 30.5 Å². The molecule has 0 aliphatic carbocycles. The molecule has 3 aromatic rings. The van der Waals surface area contributed by atoms with E-state index in [1.165, 1.54) is 30.2 Å². The van der Waals surface area contributed by atoms with Crippen molar-refractivity contribution in [2.75, 3.05) is 5.32 Å². The summed E-state index contributed by atoms with van der Waals surface area (Å²) in [6.45, 7) is 0.148. The molecular weight excluding hydrogens is 472 g/mol. The summed E-state index contributed by atoms with van der Waals surface area (Å²) in [4.78, 5) is 16.2. The van der Waals surface area contributed by atoms with Gasteiger partial charge in [-0.3, -0.25) is 14.8 Å². The van der Waals surface area contributed by atoms with E-state index >= 15 is 0 Å². The number of halogens is 6. The number of nitrogens with one attached hydrogen (secondary N) is 1. The van der Waals surface area contributed by atoms with Crippen LogP contribution in [-0.2, 0) is 19.8 Å². The first-order chi connectivity index (χ1) is 13.1. The Morgan fingerprint density at radius 1 is 1.32 bits per heavy atom. The van der Waals surface area contributed by atoms with Gasteiger partial charge in [-0.15, -0.1) is 5.10 Å². The van der Waals surface area contributed by atoms with Crippen molar-refractivity contribution in [1.29, 1.82) is 0 Å². The fourth-order valence-electron chi connectivity index (χ4n) is 2.34. The SMILES string of the molecule is Cn1nc(C(F)(F)F)c(Br)c1C(=O)Nc1ncn(Cc2ccc(F)cc2Cl)n1. The van der Waals surface area contributed by atoms with Crippen LogP contribution in [0.15, 0.2) is 29.0 Å². The Morgan fingerprint density at radius 3 is 2.64 bits per heavy atom. The first kappa shape index (κ1) is 20.3. The summed E-state index contributed by atoms with van der Waals surface area (Å²) in [6, 6.07) is 3.86. The number of aryl methyl sites for hydroxylation is 1. The van der Waals surface area contributed by atoms with Crippen molar-refractivity contribution in [2.45, 2.75) is 12.7 Å². The molecule has 1 aromatic carbocycles. The first-order valence-electron chi connectivity index (χ1n) is 7.50. The summed E-state index contributed by atoms with van der Waals surface area (Å²) in [5.74, 6) is -1.50. The van der Waals surface area contributed by atoms with Crippen molar-refractivity contribution in [2.24, 2.45) is 7.05 Å². The molecule has 0 unspecified atom stereocenters. The molecule has 0 saturated heterocycles. The molecule has 0 aliphatic heterocycles. The number of hydrogen-bond acceptors (Lipinski definition) is 4. The van der Waals surface area contributed by atoms with Gasteiger partial charge in [-0.05, 0) is 33.6 Å². The third-order valence-corrected chi connectivity index (χ3v) is 4.69. The number of anilines is 1. The lowest BCUT2D eigenvalue weighted by Gasteiger charge is -2.04. The van der Waals surface area contributed by atoms with E-state index in [1.807, 2.05) is 0 Å². The van der Waals surface area contributed by atoms with Crippen molar-refractivity contribution in [1.82, 2.24) is 24.5 Å². The molecule has 3 rings (SSSR count). The van der Waals surface area contributed by atoms with Gasteiger partial charge in [0.15, 0.2) is 5.69 Å². The predicted molar refractivity (Wildman–Crippen MR) is 94.4 cm³/mol. The largest absolute Gasteiger partial charge is 0.436 e. The Kier molecular flexibility index (Phi) is 5.44. The van der Waals surface area contributed by atoms with Gasteiger partial charge in [0.25, 0.3) is 5.91 Å². The Morgan fingerprint density at radius 2 is 2.04 bits per heavy atom. The highest BCUT2D eigenvalue weighted by Crippen LogP contribution is 2.35. The van der Waals surface area contributed by atoms with Gasteiger partial charge in [-0.25, -0.2) is 14.1 Å². The van der Waals surface area contributed by atoms with E-state index in [4.69, 9.17) is 11.6 Å². The lowest BCUT2D eigenvalue weighted by Crippen LogP contribution is -2.17. The van der Waals surface area contributed by atoms with E-state index in [-0.39, 0.29) is 23.2 Å². The van der Waals surface area contributed by atoms with Gasteiger partial charge in [-0.2, -0.15) is 18.3 Å². The number of carbonyl (C=O) groups is 1. The third-order valence-electron chi connectivity index (χ3n) is 3.58. The van der Waals surface area contributed by atoms with Crippen molar-refractivity contribution < 1.29 is 22.4 Å². The van der Waals surface area contributed by atoms with Crippen LogP contribution in [0.3, 0.4) is 0 Å². The molecule has 2 aromatic heterocycles. The number of alkyl halides is 3. The highest BCUT2D eigenvalue weighted by atomic mass is 79.9. The average molecular weight is 482 g/mol. The number of amides is 1. The summed E-state index contributed by atoms with van der Waals surface area (Å²) < 4.78 is 53.4. The van der Waals surface area contributed by atoms with Gasteiger partial charge in [0.2, 0.25) is 5.95 Å². The van der Waals surface area contributed by atoms with Crippen molar-refractivity contribution in [3.05, 3.63) is 56.8 Å². The quantitative estimate of drug-likeness (QED) is 0.574. The summed E-state index contributed by atoms with van der Waals surface area (Å²) in [6.07, 6.45) is -3.43. The summed E-state index contributed by atoms with van der Waals surface area (Å²) in [5.41, 5.74) is -0.995. The second kappa shape index (κ2) is 7.51. The molecule has 2 heterocycles. The van der Waals surface area contributed by atoms with Crippen LogP contribution in [0, 0.1) is 5.82 Å². The maximum Gasteiger partial charge on any atom is 0.436 e. The molecule has 7 nitrogen and oxygen atoms in total. The normalized spacial score (nSPS) is 11.7. The molecule has 0 fully saturated rings. The number of hydrogen-bond donors (Lipinski definition) is 1. The summed E-state index contributed by atoms with van der Waals surface area (Å²) in [7, 11) is 1.21. The minimum atomic E-state index is -4.72. The van der Waals surface area contributed by atoms with Crippen LogP contribution in [0.4, 0.5) is 23.5 Å². The van der Waals surface area contributed by atoms with Gasteiger partial charge in [-0.1, -0.05) is 17.7 Å². The maximum atomic E-state index is 13.1. The molecule has 148 valence electrons. The van der Waals surface area contributed by atoms with Crippen LogP contribution in [0.1, 0.15) is 21.7 Å². The molecule has 1 amide bonds. The number of benzene rings is 1. The van der Waals surface area contributed by atoms with Crippen molar-refractivity contribution in [3.8, 4) is 0 Å². The summed E-state index contributed by atoms with van der Waals surface area (Å²) in [5, 5.41) is 9.81. The molecule has 0 aliphatic rings. The first-order valence-corrected chi connectivity index (χ1v) is 8.67. The highest BCUT2D eigenvalue weighted by molar-refractivity contribution is 9.10. The summed E-state index contributed by atoms with van der Waals surface area (Å²) >= 11 is 8.71. The fraction of sp³-hybridized carbons (Fsp3) is 0.200. The molecule has 1 N–H and O–H groups in total. The number of nitrogens with zero attached hydrogens (tertiary/aromatic N) is 5. The van der Waals surface area contributed by atoms with Crippen LogP contribution >= 0.6 is 27.5 Å². The maximum absolute atomic E-state index is 13.1. The Bertz CT molecular complexity index is 1050. The molecule has 0 spiro atoms. The van der Waals surface area contributed by atoms with Gasteiger partial charge in [0, 0.05) is 12.1 Å². The topological polar surface area (TPSA) is 77.6 Å². The van der Waals surface area contributed by atoms with Gasteiger partial charge >= 0.3 is 6.18 Å². The highest BCUT2D eigenvalue weighted by Gasteiger charge is 2.39. The Balaban J connectivity index is 1.77. The van der Waals surface area contributed by atoms with E-state index < -0.39 is 28.1 Å². The smallest absolute Gasteiger partial charge is 0.288 e. The lowest BCUT2D eigenvalue weighted by atomic mass is 10.2. The third kappa shape index (κ3) is 4.17. The zero-order valence-corrected chi connectivity index (χ0v) is 16.3. The minimum absolute atomic E-state index is 0.134. The zero-order valence-electron chi connectivity index (χ0n) is 13.9. The van der Waals surface area contributed by atoms with Crippen LogP contribution in [0.2, 0.25) is 5.02 Å². The molecule has 0 atom stereocenters. The second-order valence-electron chi connectivity index (χ2n) is 5.59. The van der Waals surface area contributed by atoms with E-state index in [9.17, 15) is 22.4 Å². The Hall–Kier alpha value is -2.47. The van der Waals surface area contributed by atoms with Crippen LogP contribution in [0.25, 0.3) is 0 Å². The standard InChI is InChI=1S/C15H10BrClF4N6O/c1-26-11(10(16)12(24-26)15(19,20)21)13(28)23-14-22-6-27(25-14)5-7-2-3-8(18)4-9(7)17/h2-4,6H,5H2,1H3,(H,23,25,28). The molecule has 0 bridgehead atoms. The van der Waals surface area contributed by atoms with E-state index in [2.05, 4.69) is 36.4 Å². The van der Waals surface area contributed by atoms with Crippen molar-refractivity contribution >= 4 is 39.4 Å². The van der Waals surface area contributed by atoms with Crippen LogP contribution in [0.5, 0.6) is 0 Å². The lowest BCUT2D eigenvalue weighted by molar-refractivity contribution is -0.142.